The van der Waals surface area contributed by atoms with Gasteiger partial charge in [0.2, 0.25) is 10.0 Å². The van der Waals surface area contributed by atoms with E-state index in [0.717, 1.165) is 45.8 Å². The van der Waals surface area contributed by atoms with E-state index < -0.39 is 16.1 Å². The van der Waals surface area contributed by atoms with E-state index in [1.54, 1.807) is 0 Å². The fraction of sp³-hybridized carbons (Fsp3) is 0.417. The molecule has 0 radical (unpaired) electrons. The van der Waals surface area contributed by atoms with E-state index in [9.17, 15) is 13.2 Å². The lowest BCUT2D eigenvalue weighted by molar-refractivity contribution is -0.138. The lowest BCUT2D eigenvalue weighted by Crippen LogP contribution is -2.50. The molecule has 1 amide bonds. The van der Waals surface area contributed by atoms with Gasteiger partial charge in [0.25, 0.3) is 5.91 Å². The SMILES string of the molecule is C=Nc1cc(CCNS(C)(=O)=O)sc1/C(=C\C)c1cc(Cl)cc2c1OC(C(=O)N1CCNCC1)C2. The Kier molecular flexibility index (Phi) is 7.97. The van der Waals surface area contributed by atoms with Crippen LogP contribution in [0.5, 0.6) is 5.75 Å². The standard InChI is InChI=1S/C24H29ClN4O4S2/c1-4-18(23-20(26-2)14-17(34-23)5-6-28-35(3,31)32)19-13-16(25)11-15-12-21(33-22(15)19)24(30)29-9-7-27-8-10-29/h4,11,13-14,21,27-28H,2,5-10,12H2,1,3H3/b18-4-. The van der Waals surface area contributed by atoms with Crippen molar-refractivity contribution in [1.29, 1.82) is 0 Å². The predicted molar refractivity (Wildman–Crippen MR) is 142 cm³/mol. The van der Waals surface area contributed by atoms with Gasteiger partial charge in [-0.1, -0.05) is 17.7 Å². The van der Waals surface area contributed by atoms with Gasteiger partial charge in [0.1, 0.15) is 5.75 Å². The van der Waals surface area contributed by atoms with Gasteiger partial charge in [0.05, 0.1) is 16.8 Å². The number of rotatable bonds is 8. The second kappa shape index (κ2) is 10.8. The normalized spacial score (nSPS) is 18.3. The molecule has 0 aliphatic carbocycles. The van der Waals surface area contributed by atoms with Gasteiger partial charge >= 0.3 is 0 Å². The minimum Gasteiger partial charge on any atom is -0.479 e. The van der Waals surface area contributed by atoms with Gasteiger partial charge in [0, 0.05) is 65.7 Å². The molecule has 0 saturated carbocycles. The summed E-state index contributed by atoms with van der Waals surface area (Å²) in [6.07, 6.45) is 3.54. The molecule has 4 rings (SSSR count). The van der Waals surface area contributed by atoms with Crippen LogP contribution in [0.2, 0.25) is 5.02 Å². The molecule has 2 N–H and O–H groups in total. The number of aliphatic imine (C=N–C) groups is 1. The van der Waals surface area contributed by atoms with Crippen molar-refractivity contribution in [1.82, 2.24) is 14.9 Å². The first-order valence-electron chi connectivity index (χ1n) is 11.4. The summed E-state index contributed by atoms with van der Waals surface area (Å²) in [6, 6.07) is 5.63. The van der Waals surface area contributed by atoms with E-state index in [4.69, 9.17) is 16.3 Å². The van der Waals surface area contributed by atoms with Crippen molar-refractivity contribution < 1.29 is 17.9 Å². The van der Waals surface area contributed by atoms with Crippen LogP contribution in [0.15, 0.2) is 29.3 Å². The van der Waals surface area contributed by atoms with Gasteiger partial charge in [-0.3, -0.25) is 9.79 Å². The molecule has 1 aromatic carbocycles. The van der Waals surface area contributed by atoms with Gasteiger partial charge in [-0.25, -0.2) is 13.1 Å². The number of benzene rings is 1. The first-order valence-corrected chi connectivity index (χ1v) is 14.5. The van der Waals surface area contributed by atoms with Crippen LogP contribution in [0.4, 0.5) is 5.69 Å². The Bertz CT molecular complexity index is 1270. The zero-order valence-electron chi connectivity index (χ0n) is 19.8. The molecule has 8 nitrogen and oxygen atoms in total. The van der Waals surface area contributed by atoms with Crippen LogP contribution < -0.4 is 14.8 Å². The number of fused-ring (bicyclic) bond motifs is 1. The third kappa shape index (κ3) is 5.95. The number of carbonyl (C=O) groups excluding carboxylic acids is 1. The number of halogens is 1. The van der Waals surface area contributed by atoms with Gasteiger partial charge in [-0.2, -0.15) is 0 Å². The Morgan fingerprint density at radius 1 is 1.37 bits per heavy atom. The van der Waals surface area contributed by atoms with E-state index in [-0.39, 0.29) is 5.91 Å². The average molecular weight is 537 g/mol. The lowest BCUT2D eigenvalue weighted by Gasteiger charge is -2.29. The third-order valence-electron chi connectivity index (χ3n) is 5.99. The average Bonchev–Trinajstić information content (AvgIpc) is 3.43. The molecule has 3 heterocycles. The highest BCUT2D eigenvalue weighted by atomic mass is 35.5. The molecule has 188 valence electrons. The second-order valence-corrected chi connectivity index (χ2v) is 11.9. The number of nitrogens with one attached hydrogen (secondary N) is 2. The molecule has 1 atom stereocenters. The molecule has 2 aliphatic heterocycles. The van der Waals surface area contributed by atoms with Crippen LogP contribution in [-0.4, -0.2) is 71.0 Å². The summed E-state index contributed by atoms with van der Waals surface area (Å²) in [5.74, 6) is 0.664. The number of ether oxygens (including phenoxy) is 1. The third-order valence-corrected chi connectivity index (χ3v) is 8.16. The zero-order chi connectivity index (χ0) is 25.2. The second-order valence-electron chi connectivity index (χ2n) is 8.53. The summed E-state index contributed by atoms with van der Waals surface area (Å²) in [7, 11) is -3.26. The van der Waals surface area contributed by atoms with Crippen molar-refractivity contribution in [2.24, 2.45) is 4.99 Å². The molecule has 2 aliphatic rings. The van der Waals surface area contributed by atoms with Crippen LogP contribution in [0, 0.1) is 0 Å². The molecule has 1 aromatic heterocycles. The Balaban J connectivity index is 1.62. The molecule has 0 bridgehead atoms. The summed E-state index contributed by atoms with van der Waals surface area (Å²) < 4.78 is 31.6. The highest BCUT2D eigenvalue weighted by Gasteiger charge is 2.35. The van der Waals surface area contributed by atoms with Crippen molar-refractivity contribution in [3.05, 3.63) is 50.2 Å². The monoisotopic (exact) mass is 536 g/mol. The van der Waals surface area contributed by atoms with Crippen molar-refractivity contribution in [3.8, 4) is 5.75 Å². The van der Waals surface area contributed by atoms with Crippen LogP contribution in [0.3, 0.4) is 0 Å². The number of carbonyl (C=O) groups is 1. The number of allylic oxidation sites excluding steroid dienone is 1. The van der Waals surface area contributed by atoms with Crippen LogP contribution in [0.25, 0.3) is 5.57 Å². The van der Waals surface area contributed by atoms with Gasteiger partial charge < -0.3 is 15.0 Å². The number of thiophene rings is 1. The fourth-order valence-electron chi connectivity index (χ4n) is 4.38. The summed E-state index contributed by atoms with van der Waals surface area (Å²) in [5.41, 5.74) is 3.30. The Morgan fingerprint density at radius 2 is 2.11 bits per heavy atom. The van der Waals surface area contributed by atoms with E-state index in [0.29, 0.717) is 48.9 Å². The first kappa shape index (κ1) is 25.8. The maximum atomic E-state index is 13.1. The fourth-order valence-corrected chi connectivity index (χ4v) is 6.30. The molecule has 0 spiro atoms. The highest BCUT2D eigenvalue weighted by Crippen LogP contribution is 2.45. The molecular formula is C24H29ClN4O4S2. The van der Waals surface area contributed by atoms with Crippen molar-refractivity contribution >= 4 is 56.8 Å². The van der Waals surface area contributed by atoms with E-state index in [2.05, 4.69) is 21.7 Å². The van der Waals surface area contributed by atoms with Crippen molar-refractivity contribution in [3.63, 3.8) is 0 Å². The number of hydrogen-bond acceptors (Lipinski definition) is 7. The minimum absolute atomic E-state index is 0.00275. The Labute approximate surface area is 215 Å². The van der Waals surface area contributed by atoms with Crippen LogP contribution in [0.1, 0.15) is 27.8 Å². The molecule has 11 heteroatoms. The van der Waals surface area contributed by atoms with Crippen molar-refractivity contribution in [2.45, 2.75) is 25.9 Å². The molecule has 1 unspecified atom stereocenters. The van der Waals surface area contributed by atoms with Crippen molar-refractivity contribution in [2.75, 3.05) is 39.0 Å². The maximum Gasteiger partial charge on any atom is 0.264 e. The molecule has 2 aromatic rings. The van der Waals surface area contributed by atoms with Crippen LogP contribution >= 0.6 is 22.9 Å². The highest BCUT2D eigenvalue weighted by molar-refractivity contribution is 7.88. The van der Waals surface area contributed by atoms with Crippen LogP contribution in [-0.2, 0) is 27.7 Å². The van der Waals surface area contributed by atoms with E-state index >= 15 is 0 Å². The largest absolute Gasteiger partial charge is 0.479 e. The summed E-state index contributed by atoms with van der Waals surface area (Å²) >= 11 is 8.02. The topological polar surface area (TPSA) is 100 Å². The number of piperazine rings is 1. The smallest absolute Gasteiger partial charge is 0.264 e. The number of amides is 1. The Morgan fingerprint density at radius 3 is 2.77 bits per heavy atom. The molecular weight excluding hydrogens is 508 g/mol. The molecule has 1 fully saturated rings. The quantitative estimate of drug-likeness (QED) is 0.505. The van der Waals surface area contributed by atoms with E-state index in [1.165, 1.54) is 11.3 Å². The number of hydrogen-bond donors (Lipinski definition) is 2. The number of sulfonamides is 1. The maximum absolute atomic E-state index is 13.1. The Hall–Kier alpha value is -2.24. The molecule has 1 saturated heterocycles. The zero-order valence-corrected chi connectivity index (χ0v) is 22.2. The first-order chi connectivity index (χ1) is 16.7. The minimum atomic E-state index is -3.26. The number of nitrogens with zero attached hydrogens (tertiary/aromatic N) is 2. The lowest BCUT2D eigenvalue weighted by atomic mass is 9.98. The van der Waals surface area contributed by atoms with Gasteiger partial charge in [-0.15, -0.1) is 11.3 Å². The predicted octanol–water partition coefficient (Wildman–Crippen LogP) is 3.01. The molecule has 35 heavy (non-hydrogen) atoms. The summed E-state index contributed by atoms with van der Waals surface area (Å²) in [6.45, 7) is 8.85. The summed E-state index contributed by atoms with van der Waals surface area (Å²) in [4.78, 5) is 21.0. The van der Waals surface area contributed by atoms with E-state index in [1.807, 2.05) is 36.1 Å². The summed E-state index contributed by atoms with van der Waals surface area (Å²) in [5, 5.41) is 3.83. The van der Waals surface area contributed by atoms with Gasteiger partial charge in [0.15, 0.2) is 6.10 Å². The van der Waals surface area contributed by atoms with Gasteiger partial charge in [-0.05, 0) is 38.3 Å².